The number of nitrogens with two attached hydrogens (primary N) is 1. The Hall–Kier alpha value is -2.15. The van der Waals surface area contributed by atoms with E-state index in [1.54, 1.807) is 12.1 Å². The van der Waals surface area contributed by atoms with Crippen molar-refractivity contribution in [1.82, 2.24) is 9.97 Å². The van der Waals surface area contributed by atoms with Crippen LogP contribution in [0.4, 0.5) is 11.6 Å². The van der Waals surface area contributed by atoms with Crippen LogP contribution in [0.1, 0.15) is 0 Å². The smallest absolute Gasteiger partial charge is 0.297 e. The van der Waals surface area contributed by atoms with Crippen molar-refractivity contribution >= 4 is 22.7 Å². The normalized spacial score (nSPS) is 10.4. The van der Waals surface area contributed by atoms with Crippen molar-refractivity contribution in [3.05, 3.63) is 28.3 Å². The summed E-state index contributed by atoms with van der Waals surface area (Å²) in [7, 11) is 0. The standard InChI is InChI=1S/C7H7N5O2/c8-11-7-9-4-2-1-3-5(12(13)14)6(4)10-7/h1-3H,8H2,(H2,9,10,11). The molecule has 0 radical (unpaired) electrons. The number of H-pyrrole nitrogens is 1. The number of nitrogen functional groups attached to an aromatic ring is 1. The highest BCUT2D eigenvalue weighted by atomic mass is 16.6. The zero-order valence-corrected chi connectivity index (χ0v) is 7.02. The lowest BCUT2D eigenvalue weighted by Crippen LogP contribution is -2.07. The Morgan fingerprint density at radius 3 is 3.00 bits per heavy atom. The van der Waals surface area contributed by atoms with E-state index in [4.69, 9.17) is 5.84 Å². The Morgan fingerprint density at radius 1 is 1.57 bits per heavy atom. The molecule has 4 N–H and O–H groups in total. The second kappa shape index (κ2) is 2.96. The van der Waals surface area contributed by atoms with Crippen LogP contribution < -0.4 is 11.3 Å². The lowest BCUT2D eigenvalue weighted by Gasteiger charge is -1.90. The number of nitro benzene ring substituents is 1. The first-order chi connectivity index (χ1) is 6.72. The monoisotopic (exact) mass is 193 g/mol. The van der Waals surface area contributed by atoms with E-state index in [9.17, 15) is 10.1 Å². The first kappa shape index (κ1) is 8.45. The number of aromatic nitrogens is 2. The maximum atomic E-state index is 10.6. The Bertz CT molecular complexity index is 492. The topological polar surface area (TPSA) is 110 Å². The van der Waals surface area contributed by atoms with Gasteiger partial charge in [0.1, 0.15) is 0 Å². The molecule has 0 saturated heterocycles. The van der Waals surface area contributed by atoms with Gasteiger partial charge in [-0.3, -0.25) is 15.5 Å². The van der Waals surface area contributed by atoms with E-state index in [0.29, 0.717) is 17.0 Å². The Labute approximate surface area is 78.1 Å². The number of hydrazine groups is 1. The van der Waals surface area contributed by atoms with Crippen molar-refractivity contribution in [2.45, 2.75) is 0 Å². The van der Waals surface area contributed by atoms with Crippen LogP contribution in [0.2, 0.25) is 0 Å². The van der Waals surface area contributed by atoms with Gasteiger partial charge in [0.25, 0.3) is 5.69 Å². The lowest BCUT2D eigenvalue weighted by molar-refractivity contribution is -0.383. The molecule has 14 heavy (non-hydrogen) atoms. The van der Waals surface area contributed by atoms with Crippen molar-refractivity contribution in [2.75, 3.05) is 5.43 Å². The van der Waals surface area contributed by atoms with Crippen molar-refractivity contribution in [3.63, 3.8) is 0 Å². The fraction of sp³-hybridized carbons (Fsp3) is 0. The summed E-state index contributed by atoms with van der Waals surface area (Å²) in [4.78, 5) is 16.8. The number of benzene rings is 1. The second-order valence-electron chi connectivity index (χ2n) is 2.66. The lowest BCUT2D eigenvalue weighted by atomic mass is 10.3. The molecule has 0 amide bonds. The summed E-state index contributed by atoms with van der Waals surface area (Å²) >= 11 is 0. The summed E-state index contributed by atoms with van der Waals surface area (Å²) in [6.07, 6.45) is 0. The number of nitrogens with one attached hydrogen (secondary N) is 2. The number of nitrogens with zero attached hydrogens (tertiary/aromatic N) is 2. The van der Waals surface area contributed by atoms with Gasteiger partial charge < -0.3 is 4.98 Å². The van der Waals surface area contributed by atoms with Gasteiger partial charge >= 0.3 is 0 Å². The third kappa shape index (κ3) is 1.15. The number of hydrogen-bond acceptors (Lipinski definition) is 5. The predicted octanol–water partition coefficient (Wildman–Crippen LogP) is 0.757. The van der Waals surface area contributed by atoms with E-state index in [0.717, 1.165) is 0 Å². The summed E-state index contributed by atoms with van der Waals surface area (Å²) in [5.41, 5.74) is 3.12. The number of fused-ring (bicyclic) bond motifs is 1. The van der Waals surface area contributed by atoms with Crippen molar-refractivity contribution < 1.29 is 4.92 Å². The van der Waals surface area contributed by atoms with Crippen LogP contribution >= 0.6 is 0 Å². The van der Waals surface area contributed by atoms with Crippen LogP contribution in [0, 0.1) is 10.1 Å². The van der Waals surface area contributed by atoms with Gasteiger partial charge in [-0.15, -0.1) is 0 Å². The van der Waals surface area contributed by atoms with E-state index < -0.39 is 4.92 Å². The van der Waals surface area contributed by atoms with Crippen molar-refractivity contribution in [3.8, 4) is 0 Å². The van der Waals surface area contributed by atoms with E-state index in [-0.39, 0.29) is 5.69 Å². The molecule has 0 atom stereocenters. The summed E-state index contributed by atoms with van der Waals surface area (Å²) in [5.74, 6) is 5.43. The van der Waals surface area contributed by atoms with E-state index >= 15 is 0 Å². The van der Waals surface area contributed by atoms with Crippen LogP contribution in [0.3, 0.4) is 0 Å². The average molecular weight is 193 g/mol. The van der Waals surface area contributed by atoms with E-state index in [1.807, 2.05) is 0 Å². The third-order valence-electron chi connectivity index (χ3n) is 1.82. The van der Waals surface area contributed by atoms with Gasteiger partial charge in [-0.1, -0.05) is 6.07 Å². The van der Waals surface area contributed by atoms with Gasteiger partial charge in [0, 0.05) is 6.07 Å². The zero-order chi connectivity index (χ0) is 10.1. The molecule has 1 heterocycles. The highest BCUT2D eigenvalue weighted by Gasteiger charge is 2.14. The molecule has 1 aromatic carbocycles. The van der Waals surface area contributed by atoms with E-state index in [1.165, 1.54) is 6.07 Å². The minimum absolute atomic E-state index is 0.0414. The average Bonchev–Trinajstić information content (AvgIpc) is 2.59. The zero-order valence-electron chi connectivity index (χ0n) is 7.02. The van der Waals surface area contributed by atoms with Crippen LogP contribution in [0.5, 0.6) is 0 Å². The molecule has 0 aliphatic carbocycles. The fourth-order valence-corrected chi connectivity index (χ4v) is 1.23. The van der Waals surface area contributed by atoms with E-state index in [2.05, 4.69) is 15.4 Å². The minimum atomic E-state index is -0.483. The molecule has 0 bridgehead atoms. The van der Waals surface area contributed by atoms with Gasteiger partial charge in [-0.25, -0.2) is 10.8 Å². The molecule has 7 heteroatoms. The molecular weight excluding hydrogens is 186 g/mol. The molecule has 0 spiro atoms. The molecule has 0 saturated carbocycles. The number of para-hydroxylation sites is 1. The number of non-ortho nitro benzene ring substituents is 1. The molecule has 2 aromatic rings. The molecule has 0 fully saturated rings. The highest BCUT2D eigenvalue weighted by Crippen LogP contribution is 2.23. The third-order valence-corrected chi connectivity index (χ3v) is 1.82. The fourth-order valence-electron chi connectivity index (χ4n) is 1.23. The van der Waals surface area contributed by atoms with Crippen LogP contribution in [0.25, 0.3) is 11.0 Å². The largest absolute Gasteiger partial charge is 0.323 e. The first-order valence-corrected chi connectivity index (χ1v) is 3.82. The number of rotatable bonds is 2. The second-order valence-corrected chi connectivity index (χ2v) is 2.66. The van der Waals surface area contributed by atoms with Crippen LogP contribution in [0.15, 0.2) is 18.2 Å². The number of nitro groups is 1. The maximum absolute atomic E-state index is 10.6. The van der Waals surface area contributed by atoms with Gasteiger partial charge in [-0.05, 0) is 6.07 Å². The number of hydrogen-bond donors (Lipinski definition) is 3. The molecule has 0 unspecified atom stereocenters. The van der Waals surface area contributed by atoms with Crippen LogP contribution in [-0.4, -0.2) is 14.9 Å². The van der Waals surface area contributed by atoms with Gasteiger partial charge in [0.05, 0.1) is 10.4 Å². The minimum Gasteiger partial charge on any atom is -0.323 e. The SMILES string of the molecule is NNc1nc2c([N+](=O)[O-])cccc2[nH]1. The quantitative estimate of drug-likeness (QED) is 0.370. The first-order valence-electron chi connectivity index (χ1n) is 3.82. The summed E-state index contributed by atoms with van der Waals surface area (Å²) in [6.45, 7) is 0. The van der Waals surface area contributed by atoms with Crippen LogP contribution in [-0.2, 0) is 0 Å². The summed E-state index contributed by atoms with van der Waals surface area (Å²) < 4.78 is 0. The summed E-state index contributed by atoms with van der Waals surface area (Å²) in [6, 6.07) is 4.67. The Morgan fingerprint density at radius 2 is 2.36 bits per heavy atom. The Balaban J connectivity index is 2.73. The maximum Gasteiger partial charge on any atom is 0.297 e. The van der Waals surface area contributed by atoms with Crippen molar-refractivity contribution in [1.29, 1.82) is 0 Å². The Kier molecular flexibility index (Phi) is 1.79. The van der Waals surface area contributed by atoms with Crippen molar-refractivity contribution in [2.24, 2.45) is 5.84 Å². The number of aromatic amines is 1. The number of imidazole rings is 1. The molecular formula is C7H7N5O2. The van der Waals surface area contributed by atoms with Gasteiger partial charge in [0.2, 0.25) is 5.95 Å². The molecule has 2 rings (SSSR count). The highest BCUT2D eigenvalue weighted by molar-refractivity contribution is 5.86. The molecule has 1 aromatic heterocycles. The summed E-state index contributed by atoms with van der Waals surface area (Å²) in [5, 5.41) is 10.6. The van der Waals surface area contributed by atoms with Gasteiger partial charge in [0.15, 0.2) is 5.52 Å². The molecule has 0 aliphatic heterocycles. The molecule has 72 valence electrons. The predicted molar refractivity (Wildman–Crippen MR) is 50.6 cm³/mol. The number of anilines is 1. The van der Waals surface area contributed by atoms with Gasteiger partial charge in [-0.2, -0.15) is 0 Å². The molecule has 7 nitrogen and oxygen atoms in total. The molecule has 0 aliphatic rings.